The van der Waals surface area contributed by atoms with Crippen LogP contribution in [0.2, 0.25) is 5.02 Å². The number of carboxylic acids is 2. The topological polar surface area (TPSA) is 176 Å². The lowest BCUT2D eigenvalue weighted by Gasteiger charge is -2.15. The van der Waals surface area contributed by atoms with Crippen molar-refractivity contribution < 1.29 is 34.8 Å². The zero-order valence-electron chi connectivity index (χ0n) is 13.1. The predicted octanol–water partition coefficient (Wildman–Crippen LogP) is 1.71. The summed E-state index contributed by atoms with van der Waals surface area (Å²) in [6.07, 6.45) is 0. The highest BCUT2D eigenvalue weighted by atomic mass is 35.5. The third-order valence-electron chi connectivity index (χ3n) is 3.49. The van der Waals surface area contributed by atoms with E-state index in [1.54, 1.807) is 0 Å². The Morgan fingerprint density at radius 1 is 0.962 bits per heavy atom. The van der Waals surface area contributed by atoms with Crippen LogP contribution in [0.4, 0.5) is 0 Å². The van der Waals surface area contributed by atoms with Crippen LogP contribution in [0.15, 0.2) is 30.3 Å². The number of carboxylic acid groups (broad SMARTS) is 2. The summed E-state index contributed by atoms with van der Waals surface area (Å²) in [5.74, 6) is -3.69. The summed E-state index contributed by atoms with van der Waals surface area (Å²) in [5, 5.41) is 37.5. The summed E-state index contributed by atoms with van der Waals surface area (Å²) in [4.78, 5) is 22.0. The van der Waals surface area contributed by atoms with E-state index in [1.807, 2.05) is 0 Å². The van der Waals surface area contributed by atoms with Gasteiger partial charge in [0.2, 0.25) is 0 Å². The van der Waals surface area contributed by atoms with Gasteiger partial charge in [0, 0.05) is 11.6 Å². The molecule has 0 amide bonds. The number of hydrogen-bond acceptors (Lipinski definition) is 7. The van der Waals surface area contributed by atoms with Gasteiger partial charge in [-0.15, -0.1) is 0 Å². The number of phenolic OH excluding ortho intramolecular Hbond substituents is 2. The molecule has 0 fully saturated rings. The van der Waals surface area contributed by atoms with Gasteiger partial charge in [0.05, 0.1) is 5.02 Å². The Hall–Kier alpha value is -3.01. The van der Waals surface area contributed by atoms with Gasteiger partial charge in [-0.3, -0.25) is 9.59 Å². The zero-order chi connectivity index (χ0) is 19.6. The summed E-state index contributed by atoms with van der Waals surface area (Å²) in [7, 11) is 0. The van der Waals surface area contributed by atoms with E-state index in [4.69, 9.17) is 38.0 Å². The first-order chi connectivity index (χ1) is 12.1. The number of carbonyl (C=O) groups is 2. The first kappa shape index (κ1) is 19.3. The highest BCUT2D eigenvalue weighted by Gasteiger charge is 2.22. The van der Waals surface area contributed by atoms with E-state index in [1.165, 1.54) is 24.3 Å². The van der Waals surface area contributed by atoms with E-state index < -0.39 is 29.8 Å². The lowest BCUT2D eigenvalue weighted by molar-refractivity contribution is -0.139. The van der Waals surface area contributed by atoms with Crippen LogP contribution in [0.3, 0.4) is 0 Å². The van der Waals surface area contributed by atoms with Crippen LogP contribution in [0.1, 0.15) is 23.2 Å². The minimum Gasteiger partial charge on any atom is -0.506 e. The fourth-order valence-corrected chi connectivity index (χ4v) is 2.32. The zero-order valence-corrected chi connectivity index (χ0v) is 13.8. The molecule has 9 nitrogen and oxygen atoms in total. The van der Waals surface area contributed by atoms with Gasteiger partial charge in [0.15, 0.2) is 11.5 Å². The van der Waals surface area contributed by atoms with Gasteiger partial charge in [0.25, 0.3) is 0 Å². The number of rotatable bonds is 6. The maximum Gasteiger partial charge on any atom is 0.325 e. The van der Waals surface area contributed by atoms with Gasteiger partial charge in [-0.1, -0.05) is 17.7 Å². The highest BCUT2D eigenvalue weighted by molar-refractivity contribution is 6.33. The van der Waals surface area contributed by atoms with E-state index in [0.29, 0.717) is 0 Å². The lowest BCUT2D eigenvalue weighted by atomic mass is 10.1. The molecule has 0 aliphatic rings. The summed E-state index contributed by atoms with van der Waals surface area (Å²) in [6, 6.07) is 3.12. The molecule has 0 saturated heterocycles. The third kappa shape index (κ3) is 3.97. The molecule has 138 valence electrons. The summed E-state index contributed by atoms with van der Waals surface area (Å²) in [5.41, 5.74) is 11.1. The Morgan fingerprint density at radius 2 is 1.58 bits per heavy atom. The van der Waals surface area contributed by atoms with Crippen LogP contribution >= 0.6 is 11.6 Å². The quantitative estimate of drug-likeness (QED) is 0.434. The second-order valence-corrected chi connectivity index (χ2v) is 5.68. The van der Waals surface area contributed by atoms with Gasteiger partial charge in [-0.2, -0.15) is 0 Å². The number of nitrogens with two attached hydrogens (primary N) is 2. The second kappa shape index (κ2) is 7.48. The molecule has 2 rings (SSSR count). The molecule has 2 aromatic carbocycles. The highest BCUT2D eigenvalue weighted by Crippen LogP contribution is 2.39. The Kier molecular flexibility index (Phi) is 5.56. The van der Waals surface area contributed by atoms with E-state index in [0.717, 1.165) is 6.07 Å². The van der Waals surface area contributed by atoms with Gasteiger partial charge in [-0.25, -0.2) is 0 Å². The number of phenols is 2. The molecule has 0 spiro atoms. The van der Waals surface area contributed by atoms with Crippen LogP contribution < -0.4 is 16.2 Å². The Morgan fingerprint density at radius 3 is 2.15 bits per heavy atom. The van der Waals surface area contributed by atoms with Crippen molar-refractivity contribution in [1.82, 2.24) is 0 Å². The average molecular weight is 383 g/mol. The predicted molar refractivity (Wildman–Crippen MR) is 90.4 cm³/mol. The standard InChI is InChI=1S/C16H15ClN2O7/c17-12-8(14(19)16(24)25)4-7(5-10(12)21)26-11-3-6(1-2-9(11)20)13(18)15(22)23/h1-5,13-14,20-21H,18-19H2,(H,22,23)(H,24,25). The molecule has 26 heavy (non-hydrogen) atoms. The molecule has 8 N–H and O–H groups in total. The summed E-state index contributed by atoms with van der Waals surface area (Å²) >= 11 is 5.86. The molecule has 2 unspecified atom stereocenters. The second-order valence-electron chi connectivity index (χ2n) is 5.31. The van der Waals surface area contributed by atoms with Crippen molar-refractivity contribution in [2.75, 3.05) is 0 Å². The van der Waals surface area contributed by atoms with Crippen molar-refractivity contribution in [2.45, 2.75) is 12.1 Å². The van der Waals surface area contributed by atoms with E-state index in [2.05, 4.69) is 0 Å². The molecule has 10 heteroatoms. The van der Waals surface area contributed by atoms with Crippen molar-refractivity contribution in [3.63, 3.8) is 0 Å². The molecule has 0 aliphatic heterocycles. The molecule has 0 heterocycles. The normalized spacial score (nSPS) is 13.0. The summed E-state index contributed by atoms with van der Waals surface area (Å²) in [6.45, 7) is 0. The third-order valence-corrected chi connectivity index (χ3v) is 3.90. The first-order valence-corrected chi connectivity index (χ1v) is 7.49. The molecular formula is C16H15ClN2O7. The van der Waals surface area contributed by atoms with Crippen LogP contribution in [0.25, 0.3) is 0 Å². The minimum absolute atomic E-state index is 0.0741. The van der Waals surface area contributed by atoms with E-state index in [-0.39, 0.29) is 33.4 Å². The van der Waals surface area contributed by atoms with Crippen molar-refractivity contribution in [3.8, 4) is 23.0 Å². The first-order valence-electron chi connectivity index (χ1n) is 7.11. The fraction of sp³-hybridized carbons (Fsp3) is 0.125. The SMILES string of the molecule is NC(C(=O)O)c1ccc(O)c(Oc2cc(O)c(Cl)c(C(N)C(=O)O)c2)c1. The maximum absolute atomic E-state index is 11.1. The molecular weight excluding hydrogens is 368 g/mol. The molecule has 2 atom stereocenters. The van der Waals surface area contributed by atoms with Crippen molar-refractivity contribution >= 4 is 23.5 Å². The number of halogens is 1. The van der Waals surface area contributed by atoms with Gasteiger partial charge < -0.3 is 36.6 Å². The molecule has 0 saturated carbocycles. The largest absolute Gasteiger partial charge is 0.506 e. The number of aliphatic carboxylic acids is 2. The molecule has 0 aliphatic carbocycles. The van der Waals surface area contributed by atoms with Gasteiger partial charge >= 0.3 is 11.9 Å². The molecule has 0 radical (unpaired) electrons. The van der Waals surface area contributed by atoms with Crippen molar-refractivity contribution in [3.05, 3.63) is 46.5 Å². The van der Waals surface area contributed by atoms with Crippen molar-refractivity contribution in [2.24, 2.45) is 11.5 Å². The fourth-order valence-electron chi connectivity index (χ4n) is 2.10. The number of benzene rings is 2. The van der Waals surface area contributed by atoms with Crippen LogP contribution in [0.5, 0.6) is 23.0 Å². The number of hydrogen-bond donors (Lipinski definition) is 6. The Balaban J connectivity index is 2.44. The van der Waals surface area contributed by atoms with E-state index in [9.17, 15) is 19.8 Å². The number of ether oxygens (including phenoxy) is 1. The van der Waals surface area contributed by atoms with Crippen LogP contribution in [-0.2, 0) is 9.59 Å². The number of aromatic hydroxyl groups is 2. The lowest BCUT2D eigenvalue weighted by Crippen LogP contribution is -2.21. The molecule has 0 aromatic heterocycles. The van der Waals surface area contributed by atoms with Crippen molar-refractivity contribution in [1.29, 1.82) is 0 Å². The average Bonchev–Trinajstić information content (AvgIpc) is 2.58. The van der Waals surface area contributed by atoms with Crippen LogP contribution in [0, 0.1) is 0 Å². The molecule has 0 bridgehead atoms. The maximum atomic E-state index is 11.1. The Labute approximate surface area is 152 Å². The van der Waals surface area contributed by atoms with E-state index >= 15 is 0 Å². The smallest absolute Gasteiger partial charge is 0.325 e. The minimum atomic E-state index is -1.52. The van der Waals surface area contributed by atoms with Gasteiger partial charge in [0.1, 0.15) is 23.6 Å². The molecule has 2 aromatic rings. The Bertz CT molecular complexity index is 872. The monoisotopic (exact) mass is 382 g/mol. The van der Waals surface area contributed by atoms with Gasteiger partial charge in [-0.05, 0) is 23.8 Å². The van der Waals surface area contributed by atoms with Crippen LogP contribution in [-0.4, -0.2) is 32.4 Å². The summed E-state index contributed by atoms with van der Waals surface area (Å²) < 4.78 is 5.42.